The highest BCUT2D eigenvalue weighted by Crippen LogP contribution is 2.30. The minimum atomic E-state index is -4.30. The molecule has 0 fully saturated rings. The van der Waals surface area contributed by atoms with E-state index in [4.69, 9.17) is 4.74 Å². The second kappa shape index (κ2) is 10.5. The van der Waals surface area contributed by atoms with Crippen molar-refractivity contribution in [3.63, 3.8) is 0 Å². The summed E-state index contributed by atoms with van der Waals surface area (Å²) in [5.74, 6) is 0. The van der Waals surface area contributed by atoms with Gasteiger partial charge in [-0.25, -0.2) is 0 Å². The molecule has 0 radical (unpaired) electrons. The van der Waals surface area contributed by atoms with Crippen molar-refractivity contribution in [3.8, 4) is 0 Å². The Kier molecular flexibility index (Phi) is 8.32. The fourth-order valence-corrected chi connectivity index (χ4v) is 2.94. The molecule has 0 spiro atoms. The van der Waals surface area contributed by atoms with Gasteiger partial charge in [0.15, 0.2) is 0 Å². The zero-order valence-electron chi connectivity index (χ0n) is 16.1. The number of nitrogens with zero attached hydrogens (tertiary/aromatic N) is 1. The van der Waals surface area contributed by atoms with E-state index >= 15 is 0 Å². The average molecular weight is 379 g/mol. The van der Waals surface area contributed by atoms with E-state index in [1.165, 1.54) is 17.7 Å². The molecule has 148 valence electrons. The van der Waals surface area contributed by atoms with E-state index in [1.807, 2.05) is 24.3 Å². The quantitative estimate of drug-likeness (QED) is 0.526. The van der Waals surface area contributed by atoms with E-state index in [0.29, 0.717) is 18.6 Å². The number of likely N-dealkylation sites (N-methyl/N-ethyl adjacent to an activating group) is 1. The first kappa shape index (κ1) is 21.5. The standard InChI is InChI=1S/C22H28F3NO/c1-3-26(4-2)13-15-27-14-12-18-8-10-19(11-9-18)16-20-6-5-7-21(17-20)22(23,24)25/h5-11,17H,3-4,12-16H2,1-2H3. The number of alkyl halides is 3. The molecule has 0 unspecified atom stereocenters. The van der Waals surface area contributed by atoms with Gasteiger partial charge in [-0.05, 0) is 48.7 Å². The summed E-state index contributed by atoms with van der Waals surface area (Å²) in [4.78, 5) is 2.32. The molecule has 0 heterocycles. The lowest BCUT2D eigenvalue weighted by Gasteiger charge is -2.17. The van der Waals surface area contributed by atoms with Crippen molar-refractivity contribution in [1.29, 1.82) is 0 Å². The lowest BCUT2D eigenvalue weighted by Crippen LogP contribution is -2.27. The lowest BCUT2D eigenvalue weighted by atomic mass is 10.0. The van der Waals surface area contributed by atoms with Gasteiger partial charge in [-0.15, -0.1) is 0 Å². The molecule has 2 aromatic carbocycles. The molecule has 2 nitrogen and oxygen atoms in total. The number of halogens is 3. The van der Waals surface area contributed by atoms with Crippen LogP contribution in [-0.2, 0) is 23.8 Å². The molecule has 0 atom stereocenters. The summed E-state index contributed by atoms with van der Waals surface area (Å²) >= 11 is 0. The molecule has 0 aliphatic carbocycles. The minimum absolute atomic E-state index is 0.491. The average Bonchev–Trinajstić information content (AvgIpc) is 2.65. The monoisotopic (exact) mass is 379 g/mol. The van der Waals surface area contributed by atoms with Crippen LogP contribution in [0.2, 0.25) is 0 Å². The van der Waals surface area contributed by atoms with Crippen molar-refractivity contribution in [2.45, 2.75) is 32.9 Å². The van der Waals surface area contributed by atoms with Crippen molar-refractivity contribution in [1.82, 2.24) is 4.90 Å². The van der Waals surface area contributed by atoms with Gasteiger partial charge >= 0.3 is 6.18 Å². The van der Waals surface area contributed by atoms with Crippen LogP contribution in [-0.4, -0.2) is 37.7 Å². The van der Waals surface area contributed by atoms with Gasteiger partial charge in [-0.3, -0.25) is 0 Å². The highest BCUT2D eigenvalue weighted by molar-refractivity contribution is 5.32. The number of benzene rings is 2. The van der Waals surface area contributed by atoms with E-state index < -0.39 is 11.7 Å². The van der Waals surface area contributed by atoms with Gasteiger partial charge in [-0.2, -0.15) is 13.2 Å². The molecule has 0 N–H and O–H groups in total. The van der Waals surface area contributed by atoms with E-state index in [9.17, 15) is 13.2 Å². The Hall–Kier alpha value is -1.85. The van der Waals surface area contributed by atoms with E-state index in [-0.39, 0.29) is 0 Å². The smallest absolute Gasteiger partial charge is 0.380 e. The first-order valence-electron chi connectivity index (χ1n) is 9.46. The highest BCUT2D eigenvalue weighted by Gasteiger charge is 2.30. The summed E-state index contributed by atoms with van der Waals surface area (Å²) in [6.45, 7) is 8.71. The van der Waals surface area contributed by atoms with Crippen LogP contribution in [0.3, 0.4) is 0 Å². The normalized spacial score (nSPS) is 11.9. The first-order valence-corrected chi connectivity index (χ1v) is 9.46. The van der Waals surface area contributed by atoms with Crippen LogP contribution in [0.15, 0.2) is 48.5 Å². The third-order valence-corrected chi connectivity index (χ3v) is 4.67. The molecule has 0 aliphatic heterocycles. The first-order chi connectivity index (χ1) is 12.9. The largest absolute Gasteiger partial charge is 0.416 e. The molecule has 5 heteroatoms. The van der Waals surface area contributed by atoms with Gasteiger partial charge in [0.05, 0.1) is 18.8 Å². The molecular weight excluding hydrogens is 351 g/mol. The Bertz CT molecular complexity index is 679. The van der Waals surface area contributed by atoms with Crippen LogP contribution < -0.4 is 0 Å². The molecule has 0 amide bonds. The van der Waals surface area contributed by atoms with Crippen LogP contribution in [0.5, 0.6) is 0 Å². The summed E-state index contributed by atoms with van der Waals surface area (Å²) < 4.78 is 44.1. The maximum Gasteiger partial charge on any atom is 0.416 e. The van der Waals surface area contributed by atoms with Crippen LogP contribution in [0.25, 0.3) is 0 Å². The van der Waals surface area contributed by atoms with Crippen molar-refractivity contribution in [3.05, 3.63) is 70.8 Å². The van der Waals surface area contributed by atoms with Gasteiger partial charge in [0.25, 0.3) is 0 Å². The van der Waals surface area contributed by atoms with Crippen molar-refractivity contribution in [2.24, 2.45) is 0 Å². The number of ether oxygens (including phenoxy) is 1. The molecule has 0 saturated carbocycles. The van der Waals surface area contributed by atoms with Gasteiger partial charge in [0.1, 0.15) is 0 Å². The Balaban J connectivity index is 1.80. The Labute approximate surface area is 160 Å². The van der Waals surface area contributed by atoms with Gasteiger partial charge in [0.2, 0.25) is 0 Å². The molecule has 0 aromatic heterocycles. The number of rotatable bonds is 10. The molecule has 2 aromatic rings. The highest BCUT2D eigenvalue weighted by atomic mass is 19.4. The predicted molar refractivity (Wildman–Crippen MR) is 103 cm³/mol. The molecule has 0 bridgehead atoms. The third-order valence-electron chi connectivity index (χ3n) is 4.67. The third kappa shape index (κ3) is 7.35. The summed E-state index contributed by atoms with van der Waals surface area (Å²) in [5, 5.41) is 0. The summed E-state index contributed by atoms with van der Waals surface area (Å²) in [5.41, 5.74) is 2.24. The van der Waals surface area contributed by atoms with Crippen molar-refractivity contribution < 1.29 is 17.9 Å². The predicted octanol–water partition coefficient (Wildman–Crippen LogP) is 5.20. The fourth-order valence-electron chi connectivity index (χ4n) is 2.94. The molecule has 2 rings (SSSR count). The molecular formula is C22H28F3NO. The Morgan fingerprint density at radius 1 is 0.852 bits per heavy atom. The van der Waals surface area contributed by atoms with Crippen molar-refractivity contribution in [2.75, 3.05) is 32.8 Å². The molecule has 0 aliphatic rings. The molecule has 0 saturated heterocycles. The van der Waals surface area contributed by atoms with Gasteiger partial charge < -0.3 is 9.64 Å². The zero-order chi connectivity index (χ0) is 19.7. The zero-order valence-corrected chi connectivity index (χ0v) is 16.1. The minimum Gasteiger partial charge on any atom is -0.380 e. The van der Waals surface area contributed by atoms with Crippen LogP contribution in [0.4, 0.5) is 13.2 Å². The maximum atomic E-state index is 12.8. The lowest BCUT2D eigenvalue weighted by molar-refractivity contribution is -0.137. The summed E-state index contributed by atoms with van der Waals surface area (Å²) in [6, 6.07) is 13.5. The Morgan fingerprint density at radius 3 is 2.15 bits per heavy atom. The second-order valence-electron chi connectivity index (χ2n) is 6.58. The van der Waals surface area contributed by atoms with Crippen molar-refractivity contribution >= 4 is 0 Å². The SMILES string of the molecule is CCN(CC)CCOCCc1ccc(Cc2cccc(C(F)(F)F)c2)cc1. The topological polar surface area (TPSA) is 12.5 Å². The van der Waals surface area contributed by atoms with Gasteiger partial charge in [0, 0.05) is 6.54 Å². The van der Waals surface area contributed by atoms with Crippen LogP contribution in [0.1, 0.15) is 36.1 Å². The van der Waals surface area contributed by atoms with Crippen LogP contribution >= 0.6 is 0 Å². The number of hydrogen-bond donors (Lipinski definition) is 0. The maximum absolute atomic E-state index is 12.8. The van der Waals surface area contributed by atoms with Gasteiger partial charge in [-0.1, -0.05) is 56.3 Å². The van der Waals surface area contributed by atoms with Crippen LogP contribution in [0, 0.1) is 0 Å². The van der Waals surface area contributed by atoms with E-state index in [1.54, 1.807) is 6.07 Å². The molecule has 27 heavy (non-hydrogen) atoms. The summed E-state index contributed by atoms with van der Waals surface area (Å²) in [6.07, 6.45) is -2.97. The summed E-state index contributed by atoms with van der Waals surface area (Å²) in [7, 11) is 0. The second-order valence-corrected chi connectivity index (χ2v) is 6.58. The van der Waals surface area contributed by atoms with E-state index in [2.05, 4.69) is 18.7 Å². The fraction of sp³-hybridized carbons (Fsp3) is 0.455. The van der Waals surface area contributed by atoms with E-state index in [0.717, 1.165) is 44.3 Å². The Morgan fingerprint density at radius 2 is 1.52 bits per heavy atom. The number of hydrogen-bond acceptors (Lipinski definition) is 2.